The summed E-state index contributed by atoms with van der Waals surface area (Å²) in [5.41, 5.74) is 0.963. The molecule has 23 heavy (non-hydrogen) atoms. The van der Waals surface area contributed by atoms with E-state index >= 15 is 0 Å². The normalized spacial score (nSPS) is 10.9. The molecule has 0 saturated carbocycles. The third kappa shape index (κ3) is 5.05. The van der Waals surface area contributed by atoms with Crippen LogP contribution in [0.2, 0.25) is 0 Å². The van der Waals surface area contributed by atoms with Gasteiger partial charge in [-0.2, -0.15) is 5.10 Å². The number of benzene rings is 1. The Morgan fingerprint density at radius 1 is 1.30 bits per heavy atom. The molecule has 0 aliphatic carbocycles. The van der Waals surface area contributed by atoms with E-state index in [-0.39, 0.29) is 23.2 Å². The minimum Gasteiger partial charge on any atom is -0.323 e. The van der Waals surface area contributed by atoms with Gasteiger partial charge in [-0.25, -0.2) is 13.1 Å². The molecule has 0 spiro atoms. The smallest absolute Gasteiger partial charge is 0.225 e. The van der Waals surface area contributed by atoms with Gasteiger partial charge in [-0.15, -0.1) is 12.4 Å². The first-order valence-corrected chi connectivity index (χ1v) is 8.59. The molecule has 2 rings (SSSR count). The minimum absolute atomic E-state index is 0. The van der Waals surface area contributed by atoms with E-state index in [1.54, 1.807) is 31.4 Å². The van der Waals surface area contributed by atoms with Gasteiger partial charge in [0.25, 0.3) is 0 Å². The van der Waals surface area contributed by atoms with E-state index < -0.39 is 9.84 Å². The number of halogens is 1. The highest BCUT2D eigenvalue weighted by Gasteiger charge is 2.15. The van der Waals surface area contributed by atoms with Gasteiger partial charge in [-0.1, -0.05) is 12.1 Å². The summed E-state index contributed by atoms with van der Waals surface area (Å²) in [6, 6.07) is 6.58. The quantitative estimate of drug-likeness (QED) is 0.810. The van der Waals surface area contributed by atoms with Gasteiger partial charge in [0.15, 0.2) is 9.84 Å². The monoisotopic (exact) mass is 358 g/mol. The van der Waals surface area contributed by atoms with E-state index in [0.29, 0.717) is 24.3 Å². The Balaban J connectivity index is 0.00000264. The number of sulfone groups is 1. The van der Waals surface area contributed by atoms with Crippen molar-refractivity contribution in [2.75, 3.05) is 25.2 Å². The molecular weight excluding hydrogens is 340 g/mol. The number of amides is 1. The maximum Gasteiger partial charge on any atom is 0.225 e. The van der Waals surface area contributed by atoms with E-state index in [9.17, 15) is 13.2 Å². The number of carbonyl (C=O) groups is 1. The molecule has 0 radical (unpaired) electrons. The van der Waals surface area contributed by atoms with Crippen molar-refractivity contribution in [2.45, 2.75) is 11.3 Å². The Labute approximate surface area is 141 Å². The van der Waals surface area contributed by atoms with Crippen LogP contribution in [0.25, 0.3) is 5.69 Å². The second-order valence-corrected chi connectivity index (χ2v) is 6.80. The number of para-hydroxylation sites is 1. The number of hydrogen-bond donors (Lipinski definition) is 2. The lowest BCUT2D eigenvalue weighted by Gasteiger charge is -2.07. The van der Waals surface area contributed by atoms with E-state index in [0.717, 1.165) is 6.26 Å². The highest BCUT2D eigenvalue weighted by molar-refractivity contribution is 7.90. The molecule has 126 valence electrons. The lowest BCUT2D eigenvalue weighted by atomic mass is 10.3. The van der Waals surface area contributed by atoms with Gasteiger partial charge in [0.1, 0.15) is 0 Å². The van der Waals surface area contributed by atoms with Crippen molar-refractivity contribution in [3.8, 4) is 5.69 Å². The van der Waals surface area contributed by atoms with Gasteiger partial charge >= 0.3 is 0 Å². The van der Waals surface area contributed by atoms with Crippen molar-refractivity contribution in [2.24, 2.45) is 0 Å². The van der Waals surface area contributed by atoms with Crippen molar-refractivity contribution >= 4 is 33.8 Å². The summed E-state index contributed by atoms with van der Waals surface area (Å²) in [6.45, 7) is 0.580. The van der Waals surface area contributed by atoms with Crippen LogP contribution in [0.4, 0.5) is 5.69 Å². The second kappa shape index (κ2) is 8.09. The highest BCUT2D eigenvalue weighted by atomic mass is 35.5. The molecule has 2 aromatic rings. The summed E-state index contributed by atoms with van der Waals surface area (Å²) in [5.74, 6) is -0.134. The molecule has 7 nitrogen and oxygen atoms in total. The molecule has 2 N–H and O–H groups in total. The molecule has 1 aromatic heterocycles. The second-order valence-electron chi connectivity index (χ2n) is 4.82. The predicted octanol–water partition coefficient (Wildman–Crippen LogP) is 1.25. The molecule has 9 heteroatoms. The molecule has 0 bridgehead atoms. The van der Waals surface area contributed by atoms with Crippen LogP contribution in [-0.4, -0.2) is 44.0 Å². The predicted molar refractivity (Wildman–Crippen MR) is 91.1 cm³/mol. The Hall–Kier alpha value is -1.90. The molecule has 0 unspecified atom stereocenters. The van der Waals surface area contributed by atoms with Crippen LogP contribution in [-0.2, 0) is 14.6 Å². The zero-order chi connectivity index (χ0) is 16.2. The molecule has 0 aliphatic rings. The van der Waals surface area contributed by atoms with Crippen molar-refractivity contribution in [1.82, 2.24) is 15.1 Å². The Bertz CT molecular complexity index is 774. The largest absolute Gasteiger partial charge is 0.323 e. The van der Waals surface area contributed by atoms with Crippen LogP contribution < -0.4 is 10.6 Å². The van der Waals surface area contributed by atoms with Gasteiger partial charge in [0, 0.05) is 19.2 Å². The molecule has 0 atom stereocenters. The molecule has 0 aliphatic heterocycles. The fourth-order valence-electron chi connectivity index (χ4n) is 1.94. The molecular formula is C14H19ClN4O3S. The van der Waals surface area contributed by atoms with Gasteiger partial charge in [0.05, 0.1) is 28.7 Å². The summed E-state index contributed by atoms with van der Waals surface area (Å²) < 4.78 is 25.1. The number of nitrogens with one attached hydrogen (secondary N) is 2. The minimum atomic E-state index is -3.36. The summed E-state index contributed by atoms with van der Waals surface area (Å²) in [4.78, 5) is 11.8. The van der Waals surface area contributed by atoms with Gasteiger partial charge < -0.3 is 10.6 Å². The standard InChI is InChI=1S/C14H18N4O3S.ClH/c1-15-8-7-14(19)17-11-9-16-18(10-11)12-5-3-4-6-13(12)22(2,20)21;/h3-6,9-10,15H,7-8H2,1-2H3,(H,17,19);1H. The van der Waals surface area contributed by atoms with E-state index in [1.165, 1.54) is 16.9 Å². The zero-order valence-corrected chi connectivity index (χ0v) is 14.4. The Kier molecular flexibility index (Phi) is 6.74. The SMILES string of the molecule is CNCCC(=O)Nc1cnn(-c2ccccc2S(C)(=O)=O)c1.Cl. The first kappa shape index (κ1) is 19.1. The van der Waals surface area contributed by atoms with E-state index in [4.69, 9.17) is 0 Å². The summed E-state index contributed by atoms with van der Waals surface area (Å²) >= 11 is 0. The van der Waals surface area contributed by atoms with Gasteiger partial charge in [0.2, 0.25) is 5.91 Å². The van der Waals surface area contributed by atoms with Crippen LogP contribution in [0.5, 0.6) is 0 Å². The maximum absolute atomic E-state index is 11.8. The van der Waals surface area contributed by atoms with Crippen LogP contribution in [0.15, 0.2) is 41.6 Å². The molecule has 1 aromatic carbocycles. The molecule has 0 fully saturated rings. The van der Waals surface area contributed by atoms with Gasteiger partial charge in [-0.3, -0.25) is 4.79 Å². The number of rotatable bonds is 6. The average Bonchev–Trinajstić information content (AvgIpc) is 2.92. The van der Waals surface area contributed by atoms with Gasteiger partial charge in [-0.05, 0) is 19.2 Å². The number of anilines is 1. The Morgan fingerprint density at radius 2 is 2.00 bits per heavy atom. The third-order valence-corrected chi connectivity index (χ3v) is 4.12. The third-order valence-electron chi connectivity index (χ3n) is 2.98. The molecule has 1 heterocycles. The molecule has 1 amide bonds. The number of aromatic nitrogens is 2. The summed E-state index contributed by atoms with van der Waals surface area (Å²) in [5, 5.41) is 9.72. The van der Waals surface area contributed by atoms with Crippen molar-refractivity contribution in [3.63, 3.8) is 0 Å². The Morgan fingerprint density at radius 3 is 2.65 bits per heavy atom. The van der Waals surface area contributed by atoms with Crippen molar-refractivity contribution in [3.05, 3.63) is 36.7 Å². The van der Waals surface area contributed by atoms with Crippen molar-refractivity contribution < 1.29 is 13.2 Å². The summed E-state index contributed by atoms with van der Waals surface area (Å²) in [7, 11) is -1.59. The number of carbonyl (C=O) groups excluding carboxylic acids is 1. The van der Waals surface area contributed by atoms with E-state index in [2.05, 4.69) is 15.7 Å². The molecule has 0 saturated heterocycles. The fraction of sp³-hybridized carbons (Fsp3) is 0.286. The highest BCUT2D eigenvalue weighted by Crippen LogP contribution is 2.20. The van der Waals surface area contributed by atoms with Crippen LogP contribution in [0.1, 0.15) is 6.42 Å². The zero-order valence-electron chi connectivity index (χ0n) is 12.8. The topological polar surface area (TPSA) is 93.1 Å². The summed E-state index contributed by atoms with van der Waals surface area (Å²) in [6.07, 6.45) is 4.56. The first-order valence-electron chi connectivity index (χ1n) is 6.70. The lowest BCUT2D eigenvalue weighted by molar-refractivity contribution is -0.116. The van der Waals surface area contributed by atoms with Crippen LogP contribution in [0.3, 0.4) is 0 Å². The fourth-order valence-corrected chi connectivity index (χ4v) is 2.81. The lowest BCUT2D eigenvalue weighted by Crippen LogP contribution is -2.18. The van der Waals surface area contributed by atoms with Crippen molar-refractivity contribution in [1.29, 1.82) is 0 Å². The van der Waals surface area contributed by atoms with Crippen LogP contribution >= 0.6 is 12.4 Å². The first-order chi connectivity index (χ1) is 10.4. The maximum atomic E-state index is 11.8. The number of hydrogen-bond acceptors (Lipinski definition) is 5. The average molecular weight is 359 g/mol. The van der Waals surface area contributed by atoms with Crippen LogP contribution in [0, 0.1) is 0 Å². The number of nitrogens with zero attached hydrogens (tertiary/aromatic N) is 2. The van der Waals surface area contributed by atoms with E-state index in [1.807, 2.05) is 0 Å².